The Kier molecular flexibility index (Phi) is 7.11. The minimum absolute atomic E-state index is 0.00289. The second kappa shape index (κ2) is 11.2. The van der Waals surface area contributed by atoms with Gasteiger partial charge < -0.3 is 24.8 Å². The SMILES string of the molecule is N#Cc1c(N)sc2c(F)ccc(-c3c(F)c4nc(OC[C@@]56CCCN5C[C@H](F)C6)nc(N5CCN(C=N)C(=N)C5)c4c(=O)n3C3CC3)c12. The summed E-state index contributed by atoms with van der Waals surface area (Å²) in [6.45, 7) is 1.66. The van der Waals surface area contributed by atoms with E-state index < -0.39 is 28.9 Å². The van der Waals surface area contributed by atoms with E-state index in [1.807, 2.05) is 6.07 Å². The number of thiophene rings is 1. The number of nitrogen functional groups attached to an aromatic ring is 1. The zero-order valence-corrected chi connectivity index (χ0v) is 26.5. The van der Waals surface area contributed by atoms with Crippen LogP contribution in [0.4, 0.5) is 24.0 Å². The molecule has 1 saturated carbocycles. The zero-order chi connectivity index (χ0) is 33.5. The molecule has 3 saturated heterocycles. The van der Waals surface area contributed by atoms with E-state index in [-0.39, 0.29) is 92.8 Å². The minimum atomic E-state index is -0.990. The molecular weight excluding hydrogens is 645 g/mol. The number of fused-ring (bicyclic) bond motifs is 3. The molecular formula is C32H31F3N10O2S. The van der Waals surface area contributed by atoms with Crippen molar-refractivity contribution in [1.29, 1.82) is 16.1 Å². The number of piperazine rings is 1. The van der Waals surface area contributed by atoms with Crippen molar-refractivity contribution in [2.45, 2.75) is 49.9 Å². The van der Waals surface area contributed by atoms with E-state index in [1.165, 1.54) is 21.6 Å². The Bertz CT molecular complexity index is 2140. The van der Waals surface area contributed by atoms with E-state index in [1.54, 1.807) is 4.90 Å². The highest BCUT2D eigenvalue weighted by Crippen LogP contribution is 2.46. The van der Waals surface area contributed by atoms with Gasteiger partial charge in [0.1, 0.15) is 52.2 Å². The Balaban J connectivity index is 1.35. The maximum absolute atomic E-state index is 17.3. The quantitative estimate of drug-likeness (QED) is 0.190. The first-order valence-electron chi connectivity index (χ1n) is 15.8. The van der Waals surface area contributed by atoms with Gasteiger partial charge in [-0.2, -0.15) is 15.2 Å². The van der Waals surface area contributed by atoms with Crippen LogP contribution in [0.1, 0.15) is 43.7 Å². The first-order valence-corrected chi connectivity index (χ1v) is 16.6. The average molecular weight is 677 g/mol. The predicted molar refractivity (Wildman–Crippen MR) is 176 cm³/mol. The fourth-order valence-electron chi connectivity index (χ4n) is 7.63. The van der Waals surface area contributed by atoms with Gasteiger partial charge in [-0.3, -0.25) is 20.5 Å². The number of nitrogens with zero attached hydrogens (tertiary/aromatic N) is 7. The van der Waals surface area contributed by atoms with E-state index in [2.05, 4.69) is 14.9 Å². The molecule has 4 N–H and O–H groups in total. The topological polar surface area (TPSA) is 164 Å². The lowest BCUT2D eigenvalue weighted by Gasteiger charge is -2.35. The summed E-state index contributed by atoms with van der Waals surface area (Å²) in [5.41, 5.74) is 4.67. The molecule has 8 rings (SSSR count). The number of aromatic nitrogens is 3. The Morgan fingerprint density at radius 2 is 2.02 bits per heavy atom. The number of nitriles is 1. The smallest absolute Gasteiger partial charge is 0.319 e. The van der Waals surface area contributed by atoms with Crippen LogP contribution in [0.25, 0.3) is 32.2 Å². The van der Waals surface area contributed by atoms with Crippen LogP contribution in [0.3, 0.4) is 0 Å². The average Bonchev–Trinajstić information content (AvgIpc) is 3.64. The molecule has 48 heavy (non-hydrogen) atoms. The third kappa shape index (κ3) is 4.62. The molecule has 4 fully saturated rings. The van der Waals surface area contributed by atoms with Crippen LogP contribution in [-0.4, -0.2) is 87.6 Å². The number of alkyl halides is 1. The molecule has 1 aromatic carbocycles. The monoisotopic (exact) mass is 676 g/mol. The van der Waals surface area contributed by atoms with Crippen LogP contribution in [0.15, 0.2) is 16.9 Å². The summed E-state index contributed by atoms with van der Waals surface area (Å²) < 4.78 is 54.4. The summed E-state index contributed by atoms with van der Waals surface area (Å²) in [7, 11) is 0. The standard InChI is InChI=1S/C32H31F3N10O2S/c33-16-10-32(6-1-7-44(32)12-16)14-47-31-40-25-23(29(41-31)42-8-9-43(15-37)21(38)13-42)30(46)45(17-2-3-17)26(24(25)35)18-4-5-20(34)27-22(18)19(11-36)28(39)48-27/h4-5,15-17,37-38H,1-3,6-10,12-14,39H2/t16-,32+/m1/s1. The molecule has 248 valence electrons. The molecule has 0 unspecified atom stereocenters. The van der Waals surface area contributed by atoms with Gasteiger partial charge in [0.2, 0.25) is 0 Å². The van der Waals surface area contributed by atoms with Gasteiger partial charge in [0.15, 0.2) is 5.82 Å². The number of benzene rings is 1. The number of rotatable bonds is 7. The van der Waals surface area contributed by atoms with Crippen LogP contribution < -0.4 is 20.9 Å². The first kappa shape index (κ1) is 30.6. The largest absolute Gasteiger partial charge is 0.461 e. The van der Waals surface area contributed by atoms with Gasteiger partial charge in [-0.15, -0.1) is 11.3 Å². The summed E-state index contributed by atoms with van der Waals surface area (Å²) >= 11 is 0.881. The lowest BCUT2D eigenvalue weighted by Crippen LogP contribution is -2.50. The molecule has 12 nitrogen and oxygen atoms in total. The third-order valence-electron chi connectivity index (χ3n) is 10.0. The zero-order valence-electron chi connectivity index (χ0n) is 25.7. The molecule has 0 radical (unpaired) electrons. The molecule has 3 aliphatic heterocycles. The van der Waals surface area contributed by atoms with E-state index in [0.29, 0.717) is 25.8 Å². The normalized spacial score (nSPS) is 22.9. The van der Waals surface area contributed by atoms with Crippen molar-refractivity contribution in [2.24, 2.45) is 0 Å². The van der Waals surface area contributed by atoms with Gasteiger partial charge in [-0.25, -0.2) is 13.2 Å². The van der Waals surface area contributed by atoms with Crippen LogP contribution >= 0.6 is 11.3 Å². The van der Waals surface area contributed by atoms with Crippen molar-refractivity contribution < 1.29 is 17.9 Å². The summed E-state index contributed by atoms with van der Waals surface area (Å²) in [5, 5.41) is 26.2. The second-order valence-corrected chi connectivity index (χ2v) is 14.0. The number of pyridine rings is 1. The molecule has 0 spiro atoms. The molecule has 3 aromatic heterocycles. The number of amidine groups is 1. The van der Waals surface area contributed by atoms with Crippen LogP contribution in [0.2, 0.25) is 0 Å². The molecule has 4 aliphatic rings. The molecule has 0 amide bonds. The minimum Gasteiger partial charge on any atom is -0.461 e. The number of nitrogens with two attached hydrogens (primary N) is 1. The maximum Gasteiger partial charge on any atom is 0.319 e. The number of hydrogen-bond donors (Lipinski definition) is 3. The Morgan fingerprint density at radius 1 is 1.21 bits per heavy atom. The van der Waals surface area contributed by atoms with E-state index in [4.69, 9.17) is 21.3 Å². The van der Waals surface area contributed by atoms with Crippen LogP contribution in [-0.2, 0) is 0 Å². The highest BCUT2D eigenvalue weighted by molar-refractivity contribution is 7.23. The lowest BCUT2D eigenvalue weighted by molar-refractivity contribution is 0.107. The fourth-order valence-corrected chi connectivity index (χ4v) is 8.58. The van der Waals surface area contributed by atoms with E-state index in [9.17, 15) is 14.4 Å². The van der Waals surface area contributed by atoms with Crippen molar-refractivity contribution >= 4 is 55.3 Å². The summed E-state index contributed by atoms with van der Waals surface area (Å²) in [6, 6.07) is 3.99. The Morgan fingerprint density at radius 3 is 2.75 bits per heavy atom. The van der Waals surface area contributed by atoms with Crippen molar-refractivity contribution in [3.05, 3.63) is 39.7 Å². The first-order chi connectivity index (χ1) is 23.1. The molecule has 1 aliphatic carbocycles. The molecule has 2 atom stereocenters. The molecule has 4 aromatic rings. The van der Waals surface area contributed by atoms with Crippen molar-refractivity contribution in [2.75, 3.05) is 50.0 Å². The van der Waals surface area contributed by atoms with Crippen LogP contribution in [0, 0.1) is 33.8 Å². The van der Waals surface area contributed by atoms with Crippen molar-refractivity contribution in [3.63, 3.8) is 0 Å². The van der Waals surface area contributed by atoms with Gasteiger partial charge >= 0.3 is 6.01 Å². The van der Waals surface area contributed by atoms with Crippen molar-refractivity contribution in [1.82, 2.24) is 24.3 Å². The molecule has 6 heterocycles. The number of nitrogens with one attached hydrogen (secondary N) is 2. The number of ether oxygens (including phenoxy) is 1. The summed E-state index contributed by atoms with van der Waals surface area (Å²) in [5.74, 6) is -1.31. The van der Waals surface area contributed by atoms with E-state index >= 15 is 8.78 Å². The van der Waals surface area contributed by atoms with E-state index in [0.717, 1.165) is 37.1 Å². The molecule has 16 heteroatoms. The van der Waals surface area contributed by atoms with Gasteiger partial charge in [-0.05, 0) is 44.4 Å². The number of hydrogen-bond acceptors (Lipinski definition) is 11. The highest BCUT2D eigenvalue weighted by Gasteiger charge is 2.49. The summed E-state index contributed by atoms with van der Waals surface area (Å²) in [6.07, 6.45) is 3.19. The number of anilines is 2. The van der Waals surface area contributed by atoms with Gasteiger partial charge in [0.05, 0.1) is 34.4 Å². The molecule has 0 bridgehead atoms. The highest BCUT2D eigenvalue weighted by atomic mass is 32.1. The second-order valence-electron chi connectivity index (χ2n) is 12.9. The maximum atomic E-state index is 17.3. The summed E-state index contributed by atoms with van der Waals surface area (Å²) in [4.78, 5) is 28.9. The fraction of sp³-hybridized carbons (Fsp3) is 0.438. The predicted octanol–water partition coefficient (Wildman–Crippen LogP) is 4.40. The van der Waals surface area contributed by atoms with Crippen molar-refractivity contribution in [3.8, 4) is 23.3 Å². The Hall–Kier alpha value is -4.75. The van der Waals surface area contributed by atoms with Crippen LogP contribution in [0.5, 0.6) is 6.01 Å². The lowest BCUT2D eigenvalue weighted by atomic mass is 9.95. The van der Waals surface area contributed by atoms with Gasteiger partial charge in [0.25, 0.3) is 5.56 Å². The Labute approximate surface area is 276 Å². The third-order valence-corrected chi connectivity index (χ3v) is 11.1. The van der Waals surface area contributed by atoms with Gasteiger partial charge in [0, 0.05) is 43.0 Å². The number of halogens is 3. The van der Waals surface area contributed by atoms with Gasteiger partial charge in [-0.1, -0.05) is 0 Å².